The molecule has 0 bridgehead atoms. The van der Waals surface area contributed by atoms with Crippen LogP contribution in [0.2, 0.25) is 0 Å². The van der Waals surface area contributed by atoms with Gasteiger partial charge in [0.2, 0.25) is 5.75 Å². The fourth-order valence-corrected chi connectivity index (χ4v) is 1.35. The Labute approximate surface area is 96.7 Å². The Kier molecular flexibility index (Phi) is 4.14. The molecule has 0 heterocycles. The molecule has 17 heavy (non-hydrogen) atoms. The summed E-state index contributed by atoms with van der Waals surface area (Å²) in [4.78, 5) is 10.1. The average Bonchev–Trinajstić information content (AvgIpc) is 2.26. The van der Waals surface area contributed by atoms with Crippen LogP contribution in [-0.4, -0.2) is 11.5 Å². The highest BCUT2D eigenvalue weighted by Crippen LogP contribution is 2.36. The number of para-hydroxylation sites is 1. The number of halogens is 2. The first-order valence-electron chi connectivity index (χ1n) is 4.65. The van der Waals surface area contributed by atoms with Crippen molar-refractivity contribution in [3.8, 4) is 5.75 Å². The molecule has 1 rings (SSSR count). The van der Waals surface area contributed by atoms with Gasteiger partial charge < -0.3 is 4.74 Å². The third kappa shape index (κ3) is 2.99. The molecule has 0 spiro atoms. The summed E-state index contributed by atoms with van der Waals surface area (Å²) in [7, 11) is 0. The number of nitrogens with zero attached hydrogens (tertiary/aromatic N) is 1. The zero-order valence-electron chi connectivity index (χ0n) is 8.81. The normalized spacial score (nSPS) is 12.2. The summed E-state index contributed by atoms with van der Waals surface area (Å²) in [5.41, 5.74) is -0.323. The molecule has 6 heteroatoms. The van der Waals surface area contributed by atoms with Gasteiger partial charge in [0.05, 0.1) is 4.92 Å². The quantitative estimate of drug-likeness (QED) is 0.452. The van der Waals surface area contributed by atoms with Gasteiger partial charge in [-0.1, -0.05) is 18.2 Å². The summed E-state index contributed by atoms with van der Waals surface area (Å²) < 4.78 is 28.3. The molecule has 1 atom stereocenters. The predicted octanol–water partition coefficient (Wildman–Crippen LogP) is 3.30. The third-order valence-corrected chi connectivity index (χ3v) is 2.11. The van der Waals surface area contributed by atoms with E-state index in [9.17, 15) is 18.9 Å². The number of ether oxygens (including phenoxy) is 1. The van der Waals surface area contributed by atoms with E-state index in [4.69, 9.17) is 0 Å². The van der Waals surface area contributed by atoms with Gasteiger partial charge in [0.1, 0.15) is 0 Å². The second-order valence-electron chi connectivity index (χ2n) is 3.17. The van der Waals surface area contributed by atoms with Crippen LogP contribution < -0.4 is 4.74 Å². The van der Waals surface area contributed by atoms with Crippen LogP contribution >= 0.6 is 0 Å². The van der Waals surface area contributed by atoms with Crippen molar-refractivity contribution in [3.63, 3.8) is 0 Å². The van der Waals surface area contributed by atoms with E-state index >= 15 is 0 Å². The van der Waals surface area contributed by atoms with Gasteiger partial charge in [-0.25, -0.2) is 0 Å². The highest BCUT2D eigenvalue weighted by molar-refractivity contribution is 5.55. The molecule has 91 valence electrons. The fourth-order valence-electron chi connectivity index (χ4n) is 1.35. The number of alkyl halides is 2. The zero-order valence-corrected chi connectivity index (χ0v) is 8.81. The van der Waals surface area contributed by atoms with Gasteiger partial charge >= 0.3 is 12.3 Å². The minimum atomic E-state index is -3.11. The number of nitro groups is 1. The molecule has 0 aliphatic rings. The number of nitro benzene ring substituents is 1. The van der Waals surface area contributed by atoms with Crippen molar-refractivity contribution in [1.82, 2.24) is 0 Å². The Morgan fingerprint density at radius 1 is 1.47 bits per heavy atom. The van der Waals surface area contributed by atoms with Gasteiger partial charge in [0.15, 0.2) is 0 Å². The van der Waals surface area contributed by atoms with Crippen LogP contribution in [0, 0.1) is 17.0 Å². The van der Waals surface area contributed by atoms with Gasteiger partial charge in [-0.2, -0.15) is 8.78 Å². The molecule has 1 aromatic rings. The topological polar surface area (TPSA) is 52.4 Å². The Morgan fingerprint density at radius 2 is 2.12 bits per heavy atom. The first-order valence-corrected chi connectivity index (χ1v) is 4.65. The lowest BCUT2D eigenvalue weighted by molar-refractivity contribution is -0.387. The molecule has 1 radical (unpaired) electrons. The van der Waals surface area contributed by atoms with E-state index in [1.807, 2.05) is 0 Å². The van der Waals surface area contributed by atoms with Crippen molar-refractivity contribution < 1.29 is 18.4 Å². The lowest BCUT2D eigenvalue weighted by atomic mass is 9.99. The molecule has 0 saturated heterocycles. The van der Waals surface area contributed by atoms with Crippen molar-refractivity contribution in [3.05, 3.63) is 53.5 Å². The zero-order chi connectivity index (χ0) is 13.0. The Bertz CT molecular complexity index is 435. The van der Waals surface area contributed by atoms with Crippen LogP contribution in [0.25, 0.3) is 0 Å². The van der Waals surface area contributed by atoms with E-state index in [0.717, 1.165) is 6.07 Å². The third-order valence-electron chi connectivity index (χ3n) is 2.11. The molecule has 0 aliphatic heterocycles. The van der Waals surface area contributed by atoms with Gasteiger partial charge in [-0.3, -0.25) is 10.1 Å². The summed E-state index contributed by atoms with van der Waals surface area (Å²) >= 11 is 0. The fraction of sp³-hybridized carbons (Fsp3) is 0.182. The second kappa shape index (κ2) is 5.38. The van der Waals surface area contributed by atoms with Crippen molar-refractivity contribution in [2.24, 2.45) is 0 Å². The van der Waals surface area contributed by atoms with Crippen LogP contribution in [-0.2, 0) is 0 Å². The van der Waals surface area contributed by atoms with E-state index in [1.54, 1.807) is 0 Å². The number of hydrogen-bond donors (Lipinski definition) is 0. The molecular weight excluding hydrogens is 232 g/mol. The highest BCUT2D eigenvalue weighted by Gasteiger charge is 2.24. The average molecular weight is 242 g/mol. The number of hydrogen-bond acceptors (Lipinski definition) is 3. The molecule has 0 aliphatic carbocycles. The summed E-state index contributed by atoms with van der Waals surface area (Å²) in [6.45, 7) is 3.96. The minimum Gasteiger partial charge on any atom is -0.427 e. The number of benzene rings is 1. The van der Waals surface area contributed by atoms with Crippen molar-refractivity contribution >= 4 is 5.69 Å². The van der Waals surface area contributed by atoms with Gasteiger partial charge in [-0.15, -0.1) is 6.58 Å². The standard InChI is InChI=1S/C11H10F2NO3/c1-3-7(2)8-5-4-6-9(17-11(12)13)10(8)14(15)16/h3-7,11H,1-2H2. The van der Waals surface area contributed by atoms with Crippen LogP contribution in [0.3, 0.4) is 0 Å². The second-order valence-corrected chi connectivity index (χ2v) is 3.17. The number of allylic oxidation sites excluding steroid dienone is 1. The van der Waals surface area contributed by atoms with Gasteiger partial charge in [-0.05, 0) is 13.0 Å². The van der Waals surface area contributed by atoms with E-state index in [1.165, 1.54) is 18.2 Å². The number of rotatable bonds is 5. The lowest BCUT2D eigenvalue weighted by Crippen LogP contribution is -2.07. The maximum absolute atomic E-state index is 12.1. The van der Waals surface area contributed by atoms with Crippen molar-refractivity contribution in [1.29, 1.82) is 0 Å². The summed E-state index contributed by atoms with van der Waals surface area (Å²) in [6, 6.07) is 3.93. The minimum absolute atomic E-state index is 0.183. The van der Waals surface area contributed by atoms with Crippen LogP contribution in [0.5, 0.6) is 5.75 Å². The SMILES string of the molecule is [CH2]C(C=C)c1cccc(OC(F)F)c1[N+](=O)[O-]. The first-order chi connectivity index (χ1) is 7.97. The molecule has 0 aromatic heterocycles. The highest BCUT2D eigenvalue weighted by atomic mass is 19.3. The maximum Gasteiger partial charge on any atom is 0.387 e. The summed E-state index contributed by atoms with van der Waals surface area (Å²) in [5, 5.41) is 10.9. The molecule has 1 unspecified atom stereocenters. The van der Waals surface area contributed by atoms with Crippen LogP contribution in [0.1, 0.15) is 11.5 Å². The largest absolute Gasteiger partial charge is 0.427 e. The van der Waals surface area contributed by atoms with Crippen LogP contribution in [0.4, 0.5) is 14.5 Å². The molecule has 0 amide bonds. The first kappa shape index (κ1) is 13.1. The molecule has 4 nitrogen and oxygen atoms in total. The van der Waals surface area contributed by atoms with Crippen molar-refractivity contribution in [2.75, 3.05) is 0 Å². The van der Waals surface area contributed by atoms with E-state index in [-0.39, 0.29) is 5.56 Å². The summed E-state index contributed by atoms with van der Waals surface area (Å²) in [6.07, 6.45) is 1.38. The van der Waals surface area contributed by atoms with E-state index in [0.29, 0.717) is 0 Å². The predicted molar refractivity (Wildman–Crippen MR) is 58.0 cm³/mol. The molecule has 0 N–H and O–H groups in total. The van der Waals surface area contributed by atoms with E-state index in [2.05, 4.69) is 18.2 Å². The summed E-state index contributed by atoms with van der Waals surface area (Å²) in [5.74, 6) is -1.05. The van der Waals surface area contributed by atoms with E-state index < -0.39 is 28.9 Å². The Hall–Kier alpha value is -1.98. The maximum atomic E-state index is 12.1. The molecular formula is C11H10F2NO3. The molecule has 0 fully saturated rings. The molecule has 1 aromatic carbocycles. The Balaban J connectivity index is 3.31. The monoisotopic (exact) mass is 242 g/mol. The Morgan fingerprint density at radius 3 is 2.59 bits per heavy atom. The lowest BCUT2D eigenvalue weighted by Gasteiger charge is -2.11. The molecule has 0 saturated carbocycles. The smallest absolute Gasteiger partial charge is 0.387 e. The van der Waals surface area contributed by atoms with Crippen molar-refractivity contribution in [2.45, 2.75) is 12.5 Å². The van der Waals surface area contributed by atoms with Gasteiger partial charge in [0.25, 0.3) is 0 Å². The van der Waals surface area contributed by atoms with Gasteiger partial charge in [0, 0.05) is 11.5 Å². The van der Waals surface area contributed by atoms with Crippen LogP contribution in [0.15, 0.2) is 30.9 Å².